The van der Waals surface area contributed by atoms with Crippen LogP contribution in [-0.4, -0.2) is 26.4 Å². The normalized spacial score (nSPS) is 25.9. The number of hydrogen-bond donors (Lipinski definition) is 1. The molecule has 0 radical (unpaired) electrons. The molecule has 1 aromatic carbocycles. The van der Waals surface area contributed by atoms with E-state index in [1.807, 2.05) is 0 Å². The lowest BCUT2D eigenvalue weighted by Crippen LogP contribution is -2.73. The van der Waals surface area contributed by atoms with Crippen molar-refractivity contribution in [1.29, 1.82) is 0 Å². The fraction of sp³-hybridized carbons (Fsp3) is 0.235. The molecule has 1 heterocycles. The predicted molar refractivity (Wildman–Crippen MR) is 81.3 cm³/mol. The average molecular weight is 251 g/mol. The van der Waals surface area contributed by atoms with Gasteiger partial charge in [0, 0.05) is 25.4 Å². The largest absolute Gasteiger partial charge is 0.378 e. The maximum atomic E-state index is 3.42. The molecule has 2 aliphatic rings. The van der Waals surface area contributed by atoms with Gasteiger partial charge in [-0.05, 0) is 29.8 Å². The molecule has 1 aliphatic carbocycles. The molecular weight excluding hydrogens is 232 g/mol. The SMILES string of the molecule is CN(C)c1ccc(/C=C2\C=[NH+]C3C=CC=CC23)cc1. The lowest BCUT2D eigenvalue weighted by atomic mass is 9.90. The molecule has 1 N–H and O–H groups in total. The van der Waals surface area contributed by atoms with Crippen molar-refractivity contribution in [3.8, 4) is 0 Å². The standard InChI is InChI=1S/C17H18N2/c1-19(2)15-9-7-13(8-10-15)11-14-12-18-17-6-4-3-5-16(14)17/h3-12,16-17H,1-2H3/p+1/b14-11+. The van der Waals surface area contributed by atoms with Crippen molar-refractivity contribution in [1.82, 2.24) is 0 Å². The van der Waals surface area contributed by atoms with Crippen LogP contribution >= 0.6 is 0 Å². The highest BCUT2D eigenvalue weighted by Gasteiger charge is 2.31. The van der Waals surface area contributed by atoms with Gasteiger partial charge in [-0.1, -0.05) is 30.4 Å². The van der Waals surface area contributed by atoms with Crippen LogP contribution in [0.15, 0.2) is 54.1 Å². The van der Waals surface area contributed by atoms with Crippen molar-refractivity contribution in [3.05, 3.63) is 59.7 Å². The van der Waals surface area contributed by atoms with Crippen LogP contribution in [-0.2, 0) is 0 Å². The van der Waals surface area contributed by atoms with Crippen LogP contribution in [0.5, 0.6) is 0 Å². The van der Waals surface area contributed by atoms with Crippen molar-refractivity contribution in [3.63, 3.8) is 0 Å². The molecule has 0 saturated heterocycles. The lowest BCUT2D eigenvalue weighted by Gasteiger charge is -2.12. The van der Waals surface area contributed by atoms with Gasteiger partial charge < -0.3 is 4.90 Å². The van der Waals surface area contributed by atoms with E-state index < -0.39 is 0 Å². The van der Waals surface area contributed by atoms with Gasteiger partial charge in [0.1, 0.15) is 0 Å². The monoisotopic (exact) mass is 251 g/mol. The quantitative estimate of drug-likeness (QED) is 0.841. The second-order valence-corrected chi connectivity index (χ2v) is 5.26. The molecule has 0 saturated carbocycles. The third-order valence-corrected chi connectivity index (χ3v) is 3.71. The Kier molecular flexibility index (Phi) is 3.08. The molecule has 0 bridgehead atoms. The maximum absolute atomic E-state index is 3.42. The molecule has 2 unspecified atom stereocenters. The minimum atomic E-state index is 0.428. The van der Waals surface area contributed by atoms with Gasteiger partial charge in [-0.2, -0.15) is 0 Å². The molecule has 1 aliphatic heterocycles. The summed E-state index contributed by atoms with van der Waals surface area (Å²) in [6.45, 7) is 0. The Morgan fingerprint density at radius 3 is 2.53 bits per heavy atom. The van der Waals surface area contributed by atoms with Gasteiger partial charge in [-0.15, -0.1) is 0 Å². The first kappa shape index (κ1) is 12.0. The van der Waals surface area contributed by atoms with E-state index in [4.69, 9.17) is 0 Å². The van der Waals surface area contributed by atoms with Gasteiger partial charge in [0.2, 0.25) is 0 Å². The van der Waals surface area contributed by atoms with Gasteiger partial charge >= 0.3 is 0 Å². The predicted octanol–water partition coefficient (Wildman–Crippen LogP) is 1.41. The summed E-state index contributed by atoms with van der Waals surface area (Å²) in [5.74, 6) is 0.471. The Bertz CT molecular complexity index is 574. The van der Waals surface area contributed by atoms with Gasteiger partial charge in [-0.3, -0.25) is 0 Å². The smallest absolute Gasteiger partial charge is 0.179 e. The minimum absolute atomic E-state index is 0.428. The van der Waals surface area contributed by atoms with E-state index in [0.717, 1.165) is 0 Å². The second kappa shape index (κ2) is 4.88. The summed E-state index contributed by atoms with van der Waals surface area (Å²) in [4.78, 5) is 5.53. The fourth-order valence-electron chi connectivity index (χ4n) is 2.57. The van der Waals surface area contributed by atoms with Crippen molar-refractivity contribution in [2.75, 3.05) is 19.0 Å². The Balaban J connectivity index is 1.84. The first-order chi connectivity index (χ1) is 9.24. The molecular formula is C17H19N2+. The lowest BCUT2D eigenvalue weighted by molar-refractivity contribution is -0.479. The van der Waals surface area contributed by atoms with Crippen LogP contribution in [0, 0.1) is 5.92 Å². The number of nitrogens with one attached hydrogen (secondary N) is 1. The third kappa shape index (κ3) is 2.39. The number of hydrogen-bond acceptors (Lipinski definition) is 1. The average Bonchev–Trinajstić information content (AvgIpc) is 2.83. The second-order valence-electron chi connectivity index (χ2n) is 5.26. The van der Waals surface area contributed by atoms with Crippen molar-refractivity contribution in [2.45, 2.75) is 6.04 Å². The number of nitrogens with zero attached hydrogens (tertiary/aromatic N) is 1. The van der Waals surface area contributed by atoms with Crippen LogP contribution in [0.2, 0.25) is 0 Å². The summed E-state index contributed by atoms with van der Waals surface area (Å²) in [6, 6.07) is 9.08. The highest BCUT2D eigenvalue weighted by atomic mass is 15.1. The number of benzene rings is 1. The summed E-state index contributed by atoms with van der Waals surface area (Å²) in [5.41, 5.74) is 3.83. The van der Waals surface area contributed by atoms with E-state index in [-0.39, 0.29) is 0 Å². The highest BCUT2D eigenvalue weighted by molar-refractivity contribution is 5.85. The Hall–Kier alpha value is -2.09. The summed E-state index contributed by atoms with van der Waals surface area (Å²) in [6.07, 6.45) is 13.1. The van der Waals surface area contributed by atoms with Crippen LogP contribution in [0.4, 0.5) is 5.69 Å². The highest BCUT2D eigenvalue weighted by Crippen LogP contribution is 2.23. The Morgan fingerprint density at radius 1 is 1.05 bits per heavy atom. The number of rotatable bonds is 2. The molecule has 3 rings (SSSR count). The molecule has 2 atom stereocenters. The van der Waals surface area contributed by atoms with E-state index in [2.05, 4.69) is 84.8 Å². The summed E-state index contributed by atoms with van der Waals surface area (Å²) >= 11 is 0. The van der Waals surface area contributed by atoms with Crippen LogP contribution < -0.4 is 9.89 Å². The van der Waals surface area contributed by atoms with Gasteiger partial charge in [0.15, 0.2) is 12.3 Å². The Labute approximate surface area is 114 Å². The molecule has 0 amide bonds. The summed E-state index contributed by atoms with van der Waals surface area (Å²) < 4.78 is 0. The molecule has 2 nitrogen and oxygen atoms in total. The van der Waals surface area contributed by atoms with E-state index in [1.54, 1.807) is 0 Å². The molecule has 96 valence electrons. The van der Waals surface area contributed by atoms with E-state index in [1.165, 1.54) is 16.8 Å². The molecule has 1 aromatic rings. The Morgan fingerprint density at radius 2 is 1.79 bits per heavy atom. The molecule has 19 heavy (non-hydrogen) atoms. The number of fused-ring (bicyclic) bond motifs is 1. The van der Waals surface area contributed by atoms with E-state index in [0.29, 0.717) is 12.0 Å². The molecule has 0 fully saturated rings. The van der Waals surface area contributed by atoms with Crippen molar-refractivity contribution >= 4 is 18.0 Å². The summed E-state index contributed by atoms with van der Waals surface area (Å²) in [7, 11) is 4.12. The van der Waals surface area contributed by atoms with E-state index in [9.17, 15) is 0 Å². The third-order valence-electron chi connectivity index (χ3n) is 3.71. The van der Waals surface area contributed by atoms with Crippen LogP contribution in [0.25, 0.3) is 6.08 Å². The van der Waals surface area contributed by atoms with Gasteiger partial charge in [0.05, 0.1) is 5.92 Å². The van der Waals surface area contributed by atoms with Crippen LogP contribution in [0.3, 0.4) is 0 Å². The summed E-state index contributed by atoms with van der Waals surface area (Å²) in [5, 5.41) is 0. The zero-order valence-electron chi connectivity index (χ0n) is 11.4. The molecule has 2 heteroatoms. The topological polar surface area (TPSA) is 17.2 Å². The van der Waals surface area contributed by atoms with Gasteiger partial charge in [0.25, 0.3) is 0 Å². The first-order valence-electron chi connectivity index (χ1n) is 6.67. The zero-order chi connectivity index (χ0) is 13.2. The van der Waals surface area contributed by atoms with Gasteiger partial charge in [-0.25, -0.2) is 4.99 Å². The number of anilines is 1. The maximum Gasteiger partial charge on any atom is 0.179 e. The fourth-order valence-corrected chi connectivity index (χ4v) is 2.57. The molecule has 0 spiro atoms. The van der Waals surface area contributed by atoms with Crippen LogP contribution in [0.1, 0.15) is 5.56 Å². The zero-order valence-corrected chi connectivity index (χ0v) is 11.4. The van der Waals surface area contributed by atoms with E-state index >= 15 is 0 Å². The molecule has 0 aromatic heterocycles. The van der Waals surface area contributed by atoms with Crippen molar-refractivity contribution in [2.24, 2.45) is 5.92 Å². The number of allylic oxidation sites excluding steroid dienone is 2. The minimum Gasteiger partial charge on any atom is -0.378 e. The van der Waals surface area contributed by atoms with Crippen molar-refractivity contribution < 1.29 is 4.99 Å². The first-order valence-corrected chi connectivity index (χ1v) is 6.67.